The Morgan fingerprint density at radius 1 is 1.42 bits per heavy atom. The fourth-order valence-corrected chi connectivity index (χ4v) is 2.33. The molecular weight excluding hydrogens is 259 g/mol. The molecule has 0 bridgehead atoms. The number of alkyl halides is 3. The van der Waals surface area contributed by atoms with Crippen LogP contribution in [0.15, 0.2) is 0 Å². The second-order valence-corrected chi connectivity index (χ2v) is 5.11. The summed E-state index contributed by atoms with van der Waals surface area (Å²) in [6.45, 7) is 3.60. The van der Waals surface area contributed by atoms with Crippen LogP contribution < -0.4 is 5.73 Å². The first-order chi connectivity index (χ1) is 8.74. The number of piperazine rings is 1. The number of nitrogens with zero attached hydrogens (tertiary/aromatic N) is 2. The lowest BCUT2D eigenvalue weighted by Crippen LogP contribution is -2.58. The van der Waals surface area contributed by atoms with Crippen LogP contribution in [0, 0.1) is 0 Å². The maximum Gasteiger partial charge on any atom is 0.401 e. The van der Waals surface area contributed by atoms with E-state index >= 15 is 0 Å². The highest BCUT2D eigenvalue weighted by molar-refractivity contribution is 5.81. The van der Waals surface area contributed by atoms with Crippen molar-refractivity contribution in [3.05, 3.63) is 0 Å². The summed E-state index contributed by atoms with van der Waals surface area (Å²) in [6.07, 6.45) is -2.77. The van der Waals surface area contributed by atoms with E-state index in [2.05, 4.69) is 0 Å². The lowest BCUT2D eigenvalue weighted by molar-refractivity contribution is -0.157. The molecule has 0 aliphatic carbocycles. The molecule has 1 aliphatic heterocycles. The Morgan fingerprint density at radius 3 is 2.53 bits per heavy atom. The molecule has 7 heteroatoms. The number of nitrogens with two attached hydrogens (primary N) is 1. The van der Waals surface area contributed by atoms with Gasteiger partial charge in [0, 0.05) is 25.7 Å². The van der Waals surface area contributed by atoms with Crippen LogP contribution in [0.25, 0.3) is 0 Å². The summed E-state index contributed by atoms with van der Waals surface area (Å²) >= 11 is 0. The van der Waals surface area contributed by atoms with Gasteiger partial charge in [0.15, 0.2) is 0 Å². The molecule has 2 N–H and O–H groups in total. The average molecular weight is 281 g/mol. The smallest absolute Gasteiger partial charge is 0.339 e. The zero-order valence-electron chi connectivity index (χ0n) is 11.4. The summed E-state index contributed by atoms with van der Waals surface area (Å²) in [6, 6.07) is -0.834. The molecule has 19 heavy (non-hydrogen) atoms. The molecule has 0 unspecified atom stereocenters. The van der Waals surface area contributed by atoms with E-state index in [4.69, 9.17) is 5.73 Å². The number of hydrogen-bond acceptors (Lipinski definition) is 3. The van der Waals surface area contributed by atoms with Crippen molar-refractivity contribution in [3.8, 4) is 0 Å². The normalized spacial score (nSPS) is 23.5. The zero-order valence-corrected chi connectivity index (χ0v) is 11.4. The molecule has 1 amide bonds. The third-order valence-electron chi connectivity index (χ3n) is 3.38. The molecule has 0 aromatic carbocycles. The third kappa shape index (κ3) is 4.99. The van der Waals surface area contributed by atoms with Gasteiger partial charge >= 0.3 is 6.18 Å². The van der Waals surface area contributed by atoms with E-state index in [9.17, 15) is 18.0 Å². The van der Waals surface area contributed by atoms with Gasteiger partial charge in [0.1, 0.15) is 0 Å². The largest absolute Gasteiger partial charge is 0.401 e. The van der Waals surface area contributed by atoms with Crippen molar-refractivity contribution in [2.75, 3.05) is 26.2 Å². The number of rotatable bonds is 4. The topological polar surface area (TPSA) is 49.6 Å². The predicted octanol–water partition coefficient (Wildman–Crippen LogP) is 1.21. The van der Waals surface area contributed by atoms with Crippen molar-refractivity contribution in [1.82, 2.24) is 9.80 Å². The van der Waals surface area contributed by atoms with Crippen LogP contribution in [-0.2, 0) is 4.79 Å². The van der Waals surface area contributed by atoms with E-state index in [-0.39, 0.29) is 18.5 Å². The maximum atomic E-state index is 12.4. The van der Waals surface area contributed by atoms with Crippen molar-refractivity contribution in [3.63, 3.8) is 0 Å². The van der Waals surface area contributed by atoms with E-state index in [1.165, 1.54) is 4.90 Å². The molecule has 1 fully saturated rings. The summed E-state index contributed by atoms with van der Waals surface area (Å²) in [5, 5.41) is 0. The highest BCUT2D eigenvalue weighted by Gasteiger charge is 2.36. The minimum atomic E-state index is -4.20. The minimum Gasteiger partial charge on any atom is -0.339 e. The fourth-order valence-electron chi connectivity index (χ4n) is 2.33. The van der Waals surface area contributed by atoms with Crippen LogP contribution in [0.3, 0.4) is 0 Å². The Labute approximate surface area is 111 Å². The van der Waals surface area contributed by atoms with E-state index in [0.717, 1.165) is 6.42 Å². The highest BCUT2D eigenvalue weighted by atomic mass is 19.4. The van der Waals surface area contributed by atoms with Crippen molar-refractivity contribution in [2.45, 2.75) is 44.9 Å². The molecule has 112 valence electrons. The summed E-state index contributed by atoms with van der Waals surface area (Å²) in [5.41, 5.74) is 5.76. The van der Waals surface area contributed by atoms with Crippen LogP contribution in [0.4, 0.5) is 13.2 Å². The predicted molar refractivity (Wildman–Crippen MR) is 66.6 cm³/mol. The molecular formula is C12H22F3N3O. The number of halogens is 3. The van der Waals surface area contributed by atoms with Crippen molar-refractivity contribution < 1.29 is 18.0 Å². The average Bonchev–Trinajstić information content (AvgIpc) is 2.29. The molecule has 0 aromatic rings. The number of amides is 1. The van der Waals surface area contributed by atoms with E-state index in [0.29, 0.717) is 19.5 Å². The first-order valence-electron chi connectivity index (χ1n) is 6.59. The summed E-state index contributed by atoms with van der Waals surface area (Å²) < 4.78 is 37.1. The summed E-state index contributed by atoms with van der Waals surface area (Å²) in [5.74, 6) is -0.152. The molecule has 1 saturated heterocycles. The van der Waals surface area contributed by atoms with Crippen LogP contribution in [-0.4, -0.2) is 60.1 Å². The lowest BCUT2D eigenvalue weighted by atomic mass is 10.1. The maximum absolute atomic E-state index is 12.4. The van der Waals surface area contributed by atoms with Gasteiger partial charge in [-0.1, -0.05) is 13.3 Å². The van der Waals surface area contributed by atoms with Crippen LogP contribution in [0.2, 0.25) is 0 Å². The Balaban J connectivity index is 2.51. The standard InChI is InChI=1S/C12H22F3N3O/c1-3-4-10(16)11(19)17-5-6-18(9(2)7-17)8-12(13,14)15/h9-10H,3-8,16H2,1-2H3/t9-,10-/m1/s1. The zero-order chi connectivity index (χ0) is 14.6. The van der Waals surface area contributed by atoms with Gasteiger partial charge in [0.05, 0.1) is 12.6 Å². The quantitative estimate of drug-likeness (QED) is 0.842. The summed E-state index contributed by atoms with van der Waals surface area (Å²) in [4.78, 5) is 14.9. The van der Waals surface area contributed by atoms with Crippen LogP contribution >= 0.6 is 0 Å². The fraction of sp³-hybridized carbons (Fsp3) is 0.917. The highest BCUT2D eigenvalue weighted by Crippen LogP contribution is 2.20. The molecule has 0 aromatic heterocycles. The number of carbonyl (C=O) groups is 1. The van der Waals surface area contributed by atoms with Gasteiger partial charge < -0.3 is 10.6 Å². The van der Waals surface area contributed by atoms with Gasteiger partial charge in [0.25, 0.3) is 0 Å². The first kappa shape index (κ1) is 16.2. The third-order valence-corrected chi connectivity index (χ3v) is 3.38. The minimum absolute atomic E-state index is 0.152. The van der Waals surface area contributed by atoms with E-state index in [1.807, 2.05) is 6.92 Å². The van der Waals surface area contributed by atoms with Gasteiger partial charge in [-0.25, -0.2) is 0 Å². The van der Waals surface area contributed by atoms with Gasteiger partial charge in [-0.15, -0.1) is 0 Å². The molecule has 0 radical (unpaired) electrons. The number of carbonyl (C=O) groups excluding carboxylic acids is 1. The lowest BCUT2D eigenvalue weighted by Gasteiger charge is -2.40. The van der Waals surface area contributed by atoms with Crippen LogP contribution in [0.5, 0.6) is 0 Å². The van der Waals surface area contributed by atoms with E-state index in [1.54, 1.807) is 11.8 Å². The molecule has 0 spiro atoms. The Bertz CT molecular complexity index is 309. The van der Waals surface area contributed by atoms with Gasteiger partial charge in [-0.05, 0) is 13.3 Å². The van der Waals surface area contributed by atoms with Crippen molar-refractivity contribution in [2.24, 2.45) is 5.73 Å². The Kier molecular flexibility index (Phi) is 5.61. The summed E-state index contributed by atoms with van der Waals surface area (Å²) in [7, 11) is 0. The van der Waals surface area contributed by atoms with Crippen LogP contribution in [0.1, 0.15) is 26.7 Å². The van der Waals surface area contributed by atoms with Crippen molar-refractivity contribution >= 4 is 5.91 Å². The Hall–Kier alpha value is -0.820. The number of hydrogen-bond donors (Lipinski definition) is 1. The van der Waals surface area contributed by atoms with Gasteiger partial charge in [0.2, 0.25) is 5.91 Å². The molecule has 1 aliphatic rings. The van der Waals surface area contributed by atoms with Crippen molar-refractivity contribution in [1.29, 1.82) is 0 Å². The SMILES string of the molecule is CCC[C@@H](N)C(=O)N1CCN(CC(F)(F)F)[C@H](C)C1. The molecule has 2 atom stereocenters. The van der Waals surface area contributed by atoms with Gasteiger partial charge in [-0.2, -0.15) is 13.2 Å². The second-order valence-electron chi connectivity index (χ2n) is 5.11. The molecule has 1 rings (SSSR count). The molecule has 0 saturated carbocycles. The first-order valence-corrected chi connectivity index (χ1v) is 6.59. The monoisotopic (exact) mass is 281 g/mol. The van der Waals surface area contributed by atoms with E-state index < -0.39 is 18.8 Å². The van der Waals surface area contributed by atoms with Gasteiger partial charge in [-0.3, -0.25) is 9.69 Å². The molecule has 1 heterocycles. The Morgan fingerprint density at radius 2 is 2.05 bits per heavy atom. The second kappa shape index (κ2) is 6.56. The molecule has 4 nitrogen and oxygen atoms in total.